The van der Waals surface area contributed by atoms with E-state index in [-0.39, 0.29) is 17.7 Å². The van der Waals surface area contributed by atoms with Crippen LogP contribution < -0.4 is 10.2 Å². The van der Waals surface area contributed by atoms with Gasteiger partial charge in [0.25, 0.3) is 0 Å². The smallest absolute Gasteiger partial charge is 0.228 e. The van der Waals surface area contributed by atoms with Crippen molar-refractivity contribution in [3.05, 3.63) is 29.3 Å². The lowest BCUT2D eigenvalue weighted by Gasteiger charge is -2.37. The SMILES string of the molecule is Cc1ccc(C)c(N2CCN(C(=O)C3CNC(=O)C3)CC2)c1. The van der Waals surface area contributed by atoms with Gasteiger partial charge in [-0.3, -0.25) is 9.59 Å². The first-order valence-corrected chi connectivity index (χ1v) is 7.92. The van der Waals surface area contributed by atoms with Gasteiger partial charge in [-0.1, -0.05) is 12.1 Å². The molecule has 1 unspecified atom stereocenters. The van der Waals surface area contributed by atoms with E-state index < -0.39 is 0 Å². The zero-order chi connectivity index (χ0) is 15.7. The van der Waals surface area contributed by atoms with E-state index in [2.05, 4.69) is 42.3 Å². The summed E-state index contributed by atoms with van der Waals surface area (Å²) in [5.41, 5.74) is 3.80. The zero-order valence-corrected chi connectivity index (χ0v) is 13.3. The fourth-order valence-electron chi connectivity index (χ4n) is 3.27. The van der Waals surface area contributed by atoms with Crippen LogP contribution in [0.25, 0.3) is 0 Å². The minimum Gasteiger partial charge on any atom is -0.368 e. The standard InChI is InChI=1S/C17H23N3O2/c1-12-3-4-13(2)15(9-12)19-5-7-20(8-6-19)17(22)14-10-16(21)18-11-14/h3-4,9,14H,5-8,10-11H2,1-2H3,(H,18,21). The van der Waals surface area contributed by atoms with Gasteiger partial charge in [0.15, 0.2) is 0 Å². The molecule has 118 valence electrons. The van der Waals surface area contributed by atoms with Crippen molar-refractivity contribution in [1.82, 2.24) is 10.2 Å². The van der Waals surface area contributed by atoms with E-state index in [4.69, 9.17) is 0 Å². The third-order valence-electron chi connectivity index (χ3n) is 4.62. The number of hydrogen-bond acceptors (Lipinski definition) is 3. The van der Waals surface area contributed by atoms with E-state index in [1.165, 1.54) is 16.8 Å². The maximum absolute atomic E-state index is 12.4. The van der Waals surface area contributed by atoms with Gasteiger partial charge in [-0.25, -0.2) is 0 Å². The minimum absolute atomic E-state index is 0.00706. The third-order valence-corrected chi connectivity index (χ3v) is 4.62. The summed E-state index contributed by atoms with van der Waals surface area (Å²) in [4.78, 5) is 27.9. The third kappa shape index (κ3) is 2.93. The maximum atomic E-state index is 12.4. The molecule has 2 saturated heterocycles. The van der Waals surface area contributed by atoms with Crippen LogP contribution in [0.2, 0.25) is 0 Å². The molecule has 3 rings (SSSR count). The lowest BCUT2D eigenvalue weighted by molar-refractivity contribution is -0.136. The fourth-order valence-corrected chi connectivity index (χ4v) is 3.27. The highest BCUT2D eigenvalue weighted by Crippen LogP contribution is 2.23. The van der Waals surface area contributed by atoms with Crippen LogP contribution in [0.1, 0.15) is 17.5 Å². The Kier molecular flexibility index (Phi) is 4.05. The molecule has 2 heterocycles. The van der Waals surface area contributed by atoms with Crippen molar-refractivity contribution in [2.75, 3.05) is 37.6 Å². The lowest BCUT2D eigenvalue weighted by atomic mass is 10.1. The average Bonchev–Trinajstić information content (AvgIpc) is 2.96. The summed E-state index contributed by atoms with van der Waals surface area (Å²) in [5, 5.41) is 2.74. The van der Waals surface area contributed by atoms with Crippen LogP contribution in [0.4, 0.5) is 5.69 Å². The van der Waals surface area contributed by atoms with E-state index in [1.807, 2.05) is 4.90 Å². The van der Waals surface area contributed by atoms with Gasteiger partial charge >= 0.3 is 0 Å². The number of nitrogens with one attached hydrogen (secondary N) is 1. The zero-order valence-electron chi connectivity index (χ0n) is 13.3. The number of rotatable bonds is 2. The summed E-state index contributed by atoms with van der Waals surface area (Å²) >= 11 is 0. The molecular formula is C17H23N3O2. The van der Waals surface area contributed by atoms with Crippen LogP contribution in [-0.4, -0.2) is 49.4 Å². The largest absolute Gasteiger partial charge is 0.368 e. The Bertz CT molecular complexity index is 592. The predicted molar refractivity (Wildman–Crippen MR) is 85.8 cm³/mol. The van der Waals surface area contributed by atoms with Crippen LogP contribution >= 0.6 is 0 Å². The molecule has 1 aromatic rings. The molecule has 1 aromatic carbocycles. The van der Waals surface area contributed by atoms with Gasteiger partial charge in [-0.2, -0.15) is 0 Å². The molecule has 0 spiro atoms. The van der Waals surface area contributed by atoms with Gasteiger partial charge in [0.1, 0.15) is 0 Å². The molecule has 2 fully saturated rings. The number of benzene rings is 1. The molecule has 2 aliphatic rings. The molecule has 22 heavy (non-hydrogen) atoms. The van der Waals surface area contributed by atoms with E-state index in [9.17, 15) is 9.59 Å². The number of hydrogen-bond donors (Lipinski definition) is 1. The van der Waals surface area contributed by atoms with Gasteiger partial charge in [0.05, 0.1) is 5.92 Å². The van der Waals surface area contributed by atoms with Crippen LogP contribution in [0, 0.1) is 19.8 Å². The number of aryl methyl sites for hydroxylation is 2. The van der Waals surface area contributed by atoms with Crippen LogP contribution in [0.3, 0.4) is 0 Å². The van der Waals surface area contributed by atoms with E-state index >= 15 is 0 Å². The van der Waals surface area contributed by atoms with E-state index in [1.54, 1.807) is 0 Å². The summed E-state index contributed by atoms with van der Waals surface area (Å²) in [5.74, 6) is -0.0499. The highest BCUT2D eigenvalue weighted by molar-refractivity contribution is 5.89. The second kappa shape index (κ2) is 5.99. The Morgan fingerprint density at radius 1 is 1.18 bits per heavy atom. The molecule has 2 amide bonds. The Morgan fingerprint density at radius 3 is 2.55 bits per heavy atom. The molecule has 0 aromatic heterocycles. The van der Waals surface area contributed by atoms with Gasteiger partial charge in [-0.15, -0.1) is 0 Å². The number of nitrogens with zero attached hydrogens (tertiary/aromatic N) is 2. The predicted octanol–water partition coefficient (Wildman–Crippen LogP) is 1.09. The minimum atomic E-state index is -0.167. The van der Waals surface area contributed by atoms with E-state index in [0.717, 1.165) is 26.2 Å². The second-order valence-corrected chi connectivity index (χ2v) is 6.31. The van der Waals surface area contributed by atoms with Gasteiger partial charge in [0, 0.05) is 44.8 Å². The van der Waals surface area contributed by atoms with Crippen molar-refractivity contribution in [3.8, 4) is 0 Å². The summed E-state index contributed by atoms with van der Waals surface area (Å²) in [6.07, 6.45) is 0.343. The Labute approximate surface area is 131 Å². The first-order valence-electron chi connectivity index (χ1n) is 7.92. The first kappa shape index (κ1) is 14.9. The van der Waals surface area contributed by atoms with Crippen molar-refractivity contribution < 1.29 is 9.59 Å². The number of piperazine rings is 1. The topological polar surface area (TPSA) is 52.6 Å². The van der Waals surface area contributed by atoms with Gasteiger partial charge < -0.3 is 15.1 Å². The van der Waals surface area contributed by atoms with Crippen LogP contribution in [0.15, 0.2) is 18.2 Å². The Morgan fingerprint density at radius 2 is 1.91 bits per heavy atom. The number of carbonyl (C=O) groups is 2. The summed E-state index contributed by atoms with van der Waals surface area (Å²) in [6, 6.07) is 6.49. The summed E-state index contributed by atoms with van der Waals surface area (Å²) in [7, 11) is 0. The molecule has 5 nitrogen and oxygen atoms in total. The molecule has 2 aliphatic heterocycles. The summed E-state index contributed by atoms with van der Waals surface area (Å²) < 4.78 is 0. The number of anilines is 1. The quantitative estimate of drug-likeness (QED) is 0.889. The highest BCUT2D eigenvalue weighted by atomic mass is 16.2. The van der Waals surface area contributed by atoms with Crippen LogP contribution in [0.5, 0.6) is 0 Å². The number of amides is 2. The lowest BCUT2D eigenvalue weighted by Crippen LogP contribution is -2.50. The monoisotopic (exact) mass is 301 g/mol. The fraction of sp³-hybridized carbons (Fsp3) is 0.529. The van der Waals surface area contributed by atoms with Gasteiger partial charge in [-0.05, 0) is 31.0 Å². The van der Waals surface area contributed by atoms with Crippen LogP contribution in [-0.2, 0) is 9.59 Å². The van der Waals surface area contributed by atoms with Crippen molar-refractivity contribution in [2.45, 2.75) is 20.3 Å². The van der Waals surface area contributed by atoms with Crippen molar-refractivity contribution >= 4 is 17.5 Å². The second-order valence-electron chi connectivity index (χ2n) is 6.31. The van der Waals surface area contributed by atoms with Crippen molar-refractivity contribution in [3.63, 3.8) is 0 Å². The first-order chi connectivity index (χ1) is 10.5. The molecule has 0 radical (unpaired) electrons. The number of carbonyl (C=O) groups excluding carboxylic acids is 2. The highest BCUT2D eigenvalue weighted by Gasteiger charge is 2.32. The molecule has 0 aliphatic carbocycles. The van der Waals surface area contributed by atoms with Gasteiger partial charge in [0.2, 0.25) is 11.8 Å². The molecule has 0 saturated carbocycles. The van der Waals surface area contributed by atoms with E-state index in [0.29, 0.717) is 13.0 Å². The maximum Gasteiger partial charge on any atom is 0.228 e. The molecule has 1 atom stereocenters. The molecule has 0 bridgehead atoms. The summed E-state index contributed by atoms with van der Waals surface area (Å²) in [6.45, 7) is 7.89. The Balaban J connectivity index is 1.61. The Hall–Kier alpha value is -2.04. The normalized spacial score (nSPS) is 21.9. The van der Waals surface area contributed by atoms with Crippen molar-refractivity contribution in [1.29, 1.82) is 0 Å². The molecule has 5 heteroatoms. The molecule has 1 N–H and O–H groups in total. The molecular weight excluding hydrogens is 278 g/mol. The average molecular weight is 301 g/mol. The van der Waals surface area contributed by atoms with Crippen molar-refractivity contribution in [2.24, 2.45) is 5.92 Å².